The van der Waals surface area contributed by atoms with Gasteiger partial charge in [-0.05, 0) is 31.1 Å². The molecule has 1 heterocycles. The molecule has 1 unspecified atom stereocenters. The minimum absolute atomic E-state index is 0.0136. The van der Waals surface area contributed by atoms with Crippen molar-refractivity contribution in [2.75, 3.05) is 0 Å². The number of cyclic esters (lactones) is 1. The zero-order valence-electron chi connectivity index (χ0n) is 26.2. The van der Waals surface area contributed by atoms with E-state index >= 15 is 0 Å². The summed E-state index contributed by atoms with van der Waals surface area (Å²) in [6.45, 7) is 19.4. The smallest absolute Gasteiger partial charge is 0.404 e. The molecular weight excluding hydrogens is 522 g/mol. The average Bonchev–Trinajstić information content (AvgIpc) is 2.93. The first-order valence-electron chi connectivity index (χ1n) is 15.0. The summed E-state index contributed by atoms with van der Waals surface area (Å²) < 4.78 is 10.9. The number of rotatable bonds is 16. The number of nitrogens with two attached hydrogens (primary N) is 1. The molecule has 1 fully saturated rings. The number of esters is 1. The third-order valence-corrected chi connectivity index (χ3v) is 8.98. The van der Waals surface area contributed by atoms with E-state index in [0.717, 1.165) is 6.42 Å². The van der Waals surface area contributed by atoms with Crippen molar-refractivity contribution in [1.82, 2.24) is 0 Å². The molecule has 13 atom stereocenters. The van der Waals surface area contributed by atoms with Crippen LogP contribution in [0.3, 0.4) is 0 Å². The van der Waals surface area contributed by atoms with Gasteiger partial charge in [0.05, 0.1) is 24.2 Å². The Hall–Kier alpha value is -2.42. The Morgan fingerprint density at radius 1 is 1.00 bits per heavy atom. The molecule has 0 aliphatic carbocycles. The molecule has 0 bridgehead atoms. The van der Waals surface area contributed by atoms with Crippen LogP contribution in [0.5, 0.6) is 0 Å². The van der Waals surface area contributed by atoms with E-state index in [-0.39, 0.29) is 48.0 Å². The van der Waals surface area contributed by atoms with Crippen LogP contribution in [0.4, 0.5) is 4.79 Å². The van der Waals surface area contributed by atoms with Crippen LogP contribution < -0.4 is 5.73 Å². The minimum Gasteiger partial charge on any atom is -0.462 e. The maximum absolute atomic E-state index is 12.0. The van der Waals surface area contributed by atoms with Gasteiger partial charge < -0.3 is 30.5 Å². The van der Waals surface area contributed by atoms with Crippen molar-refractivity contribution in [3.8, 4) is 0 Å². The second-order valence-electron chi connectivity index (χ2n) is 12.3. The third kappa shape index (κ3) is 11.4. The quantitative estimate of drug-likeness (QED) is 0.113. The SMILES string of the molecule is C=C/C=C\[C@H](C)[C@H](OC(N)=O)[C@@H](C)[C@@H](C)[C@@H](C)C/C=C\[C@H](C)[C@@H](O)[C@@H](C)/C=C/[C@H](O)CC1OC(=O)[C@H](C)[C@@H](O)[C@H]1C. The highest BCUT2D eigenvalue weighted by Gasteiger charge is 2.40. The molecule has 0 aromatic rings. The molecule has 1 rings (SSSR count). The second kappa shape index (κ2) is 17.5. The van der Waals surface area contributed by atoms with Crippen LogP contribution in [-0.2, 0) is 14.3 Å². The fourth-order valence-electron chi connectivity index (χ4n) is 5.50. The summed E-state index contributed by atoms with van der Waals surface area (Å²) >= 11 is 0. The van der Waals surface area contributed by atoms with Gasteiger partial charge in [-0.1, -0.05) is 97.6 Å². The molecule has 8 nitrogen and oxygen atoms in total. The number of ether oxygens (including phenoxy) is 2. The van der Waals surface area contributed by atoms with E-state index in [1.54, 1.807) is 25.2 Å². The van der Waals surface area contributed by atoms with Gasteiger partial charge in [-0.25, -0.2) is 4.79 Å². The topological polar surface area (TPSA) is 139 Å². The minimum atomic E-state index is -0.863. The lowest BCUT2D eigenvalue weighted by atomic mass is 9.77. The largest absolute Gasteiger partial charge is 0.462 e. The molecule has 1 aliphatic heterocycles. The first-order chi connectivity index (χ1) is 19.1. The second-order valence-corrected chi connectivity index (χ2v) is 12.3. The maximum Gasteiger partial charge on any atom is 0.404 e. The Morgan fingerprint density at radius 2 is 1.61 bits per heavy atom. The molecule has 1 amide bonds. The van der Waals surface area contributed by atoms with Crippen molar-refractivity contribution in [2.45, 2.75) is 98.8 Å². The summed E-state index contributed by atoms with van der Waals surface area (Å²) in [6, 6.07) is 0. The number of hydrogen-bond acceptors (Lipinski definition) is 7. The van der Waals surface area contributed by atoms with Gasteiger partial charge in [0.2, 0.25) is 0 Å². The molecule has 0 aromatic heterocycles. The lowest BCUT2D eigenvalue weighted by molar-refractivity contribution is -0.179. The molecule has 8 heteroatoms. The van der Waals surface area contributed by atoms with Crippen LogP contribution in [0.15, 0.2) is 49.1 Å². The Kier molecular flexibility index (Phi) is 15.6. The third-order valence-electron chi connectivity index (χ3n) is 8.98. The number of carbonyl (C=O) groups is 2. The molecule has 1 saturated heterocycles. The van der Waals surface area contributed by atoms with Gasteiger partial charge in [0.1, 0.15) is 12.2 Å². The van der Waals surface area contributed by atoms with Gasteiger partial charge in [0.25, 0.3) is 0 Å². The number of aliphatic hydroxyl groups excluding tert-OH is 3. The molecule has 0 radical (unpaired) electrons. The van der Waals surface area contributed by atoms with Crippen molar-refractivity contribution in [2.24, 2.45) is 53.1 Å². The van der Waals surface area contributed by atoms with Gasteiger partial charge in [-0.15, -0.1) is 0 Å². The zero-order valence-corrected chi connectivity index (χ0v) is 26.2. The predicted octanol–water partition coefficient (Wildman–Crippen LogP) is 5.18. The van der Waals surface area contributed by atoms with Gasteiger partial charge in [0, 0.05) is 30.1 Å². The van der Waals surface area contributed by atoms with Crippen molar-refractivity contribution in [1.29, 1.82) is 0 Å². The van der Waals surface area contributed by atoms with E-state index < -0.39 is 42.4 Å². The molecule has 0 saturated carbocycles. The average molecular weight is 578 g/mol. The van der Waals surface area contributed by atoms with E-state index in [2.05, 4.69) is 33.4 Å². The summed E-state index contributed by atoms with van der Waals surface area (Å²) in [7, 11) is 0. The number of allylic oxidation sites excluding steroid dienone is 3. The lowest BCUT2D eigenvalue weighted by Crippen LogP contribution is -2.47. The molecule has 0 spiro atoms. The molecule has 5 N–H and O–H groups in total. The van der Waals surface area contributed by atoms with E-state index in [4.69, 9.17) is 15.2 Å². The van der Waals surface area contributed by atoms with Crippen LogP contribution in [0.25, 0.3) is 0 Å². The highest BCUT2D eigenvalue weighted by Crippen LogP contribution is 2.32. The summed E-state index contributed by atoms with van der Waals surface area (Å²) in [4.78, 5) is 23.5. The monoisotopic (exact) mass is 577 g/mol. The number of carbonyl (C=O) groups excluding carboxylic acids is 2. The van der Waals surface area contributed by atoms with Gasteiger partial charge in [-0.2, -0.15) is 0 Å². The van der Waals surface area contributed by atoms with Crippen LogP contribution in [0.2, 0.25) is 0 Å². The predicted molar refractivity (Wildman–Crippen MR) is 163 cm³/mol. The van der Waals surface area contributed by atoms with E-state index in [9.17, 15) is 24.9 Å². The van der Waals surface area contributed by atoms with Crippen LogP contribution in [0, 0.1) is 47.3 Å². The zero-order chi connectivity index (χ0) is 31.4. The Morgan fingerprint density at radius 3 is 2.20 bits per heavy atom. The fourth-order valence-corrected chi connectivity index (χ4v) is 5.50. The molecule has 234 valence electrons. The van der Waals surface area contributed by atoms with Gasteiger partial charge in [-0.3, -0.25) is 4.79 Å². The normalized spacial score (nSPS) is 28.4. The first-order valence-corrected chi connectivity index (χ1v) is 15.0. The van der Waals surface area contributed by atoms with Crippen molar-refractivity contribution >= 4 is 12.1 Å². The lowest BCUT2D eigenvalue weighted by Gasteiger charge is -2.36. The van der Waals surface area contributed by atoms with Crippen LogP contribution >= 0.6 is 0 Å². The summed E-state index contributed by atoms with van der Waals surface area (Å²) in [6.07, 6.45) is 9.98. The van der Waals surface area contributed by atoms with Crippen LogP contribution in [-0.4, -0.2) is 57.9 Å². The Bertz CT molecular complexity index is 915. The standard InChI is InChI=1S/C33H55NO7/c1-10-11-13-22(5)31(41-33(34)39)24(7)23(6)19(2)14-12-15-20(3)29(36)21(4)16-17-27(35)18-28-25(8)30(37)26(9)32(38)40-28/h10-13,15-17,19-31,35-37H,1,14,18H2,2-9H3,(H2,34,39)/b13-11-,15-12-,17-16+/t19-,20-,21-,22-,23-,24-,25-,26+,27-,28?,29+,30-,31-/m0/s1. The van der Waals surface area contributed by atoms with Gasteiger partial charge >= 0.3 is 12.1 Å². The molecule has 0 aromatic carbocycles. The van der Waals surface area contributed by atoms with E-state index in [1.165, 1.54) is 0 Å². The number of aliphatic hydroxyl groups is 3. The first kappa shape index (κ1) is 36.6. The Labute approximate surface area is 247 Å². The van der Waals surface area contributed by atoms with E-state index in [0.29, 0.717) is 5.92 Å². The highest BCUT2D eigenvalue weighted by molar-refractivity contribution is 5.73. The van der Waals surface area contributed by atoms with Crippen molar-refractivity contribution < 1.29 is 34.4 Å². The summed E-state index contributed by atoms with van der Waals surface area (Å²) in [5.74, 6) is -1.03. The Balaban J connectivity index is 2.67. The number of amides is 1. The highest BCUT2D eigenvalue weighted by atomic mass is 16.6. The fraction of sp³-hybridized carbons (Fsp3) is 0.697. The van der Waals surface area contributed by atoms with Crippen LogP contribution in [0.1, 0.15) is 68.2 Å². The van der Waals surface area contributed by atoms with Crippen molar-refractivity contribution in [3.05, 3.63) is 49.1 Å². The number of primary amides is 1. The number of hydrogen-bond donors (Lipinski definition) is 4. The maximum atomic E-state index is 12.0. The molecule has 1 aliphatic rings. The molecular formula is C33H55NO7. The molecule has 41 heavy (non-hydrogen) atoms. The van der Waals surface area contributed by atoms with Crippen molar-refractivity contribution in [3.63, 3.8) is 0 Å². The summed E-state index contributed by atoms with van der Waals surface area (Å²) in [5, 5.41) is 31.6. The van der Waals surface area contributed by atoms with Gasteiger partial charge in [0.15, 0.2) is 0 Å². The summed E-state index contributed by atoms with van der Waals surface area (Å²) in [5.41, 5.74) is 5.35. The van der Waals surface area contributed by atoms with E-state index in [1.807, 2.05) is 45.9 Å².